The zero-order valence-electron chi connectivity index (χ0n) is 27.8. The van der Waals surface area contributed by atoms with Gasteiger partial charge in [-0.2, -0.15) is 0 Å². The molecule has 1 aromatic heterocycles. The van der Waals surface area contributed by atoms with Crippen LogP contribution in [0.2, 0.25) is 0 Å². The smallest absolute Gasteiger partial charge is 0.143 e. The summed E-state index contributed by atoms with van der Waals surface area (Å²) in [7, 11) is 0. The predicted octanol–water partition coefficient (Wildman–Crippen LogP) is 13.1. The van der Waals surface area contributed by atoms with Crippen molar-refractivity contribution in [2.24, 2.45) is 0 Å². The molecule has 2 heteroatoms. The number of benzene rings is 8. The second kappa shape index (κ2) is 10.7. The van der Waals surface area contributed by atoms with E-state index in [1.807, 2.05) is 0 Å². The molecule has 9 aromatic rings. The second-order valence-electron chi connectivity index (χ2n) is 13.6. The van der Waals surface area contributed by atoms with E-state index in [4.69, 9.17) is 4.42 Å². The highest BCUT2D eigenvalue weighted by molar-refractivity contribution is 6.11. The van der Waals surface area contributed by atoms with Crippen LogP contribution in [0.3, 0.4) is 0 Å². The molecule has 1 heterocycles. The molecule has 0 N–H and O–H groups in total. The van der Waals surface area contributed by atoms with Gasteiger partial charge >= 0.3 is 0 Å². The van der Waals surface area contributed by atoms with E-state index < -0.39 is 5.41 Å². The average molecular weight is 650 g/mol. The summed E-state index contributed by atoms with van der Waals surface area (Å²) in [6, 6.07) is 68.4. The van der Waals surface area contributed by atoms with Gasteiger partial charge < -0.3 is 9.32 Å². The Bertz CT molecular complexity index is 2750. The summed E-state index contributed by atoms with van der Waals surface area (Å²) in [5.74, 6) is 0. The Labute approximate surface area is 296 Å². The van der Waals surface area contributed by atoms with Gasteiger partial charge in [0.2, 0.25) is 0 Å². The summed E-state index contributed by atoms with van der Waals surface area (Å²) in [6.45, 7) is 0. The summed E-state index contributed by atoms with van der Waals surface area (Å²) >= 11 is 0. The Morgan fingerprint density at radius 1 is 0.392 bits per heavy atom. The number of furan rings is 1. The third-order valence-electron chi connectivity index (χ3n) is 11.1. The molecule has 2 aliphatic rings. The first-order chi connectivity index (χ1) is 25.3. The third kappa shape index (κ3) is 3.82. The van der Waals surface area contributed by atoms with Crippen molar-refractivity contribution in [3.63, 3.8) is 0 Å². The van der Waals surface area contributed by atoms with Gasteiger partial charge in [0.15, 0.2) is 0 Å². The van der Waals surface area contributed by atoms with Crippen molar-refractivity contribution < 1.29 is 4.42 Å². The molecule has 0 atom stereocenters. The van der Waals surface area contributed by atoms with Crippen LogP contribution in [-0.2, 0) is 5.41 Å². The summed E-state index contributed by atoms with van der Waals surface area (Å²) in [4.78, 5) is 2.45. The highest BCUT2D eigenvalue weighted by Crippen LogP contribution is 2.65. The van der Waals surface area contributed by atoms with E-state index in [-0.39, 0.29) is 0 Å². The molecule has 0 unspecified atom stereocenters. The first-order valence-corrected chi connectivity index (χ1v) is 17.6. The van der Waals surface area contributed by atoms with Crippen molar-refractivity contribution in [3.8, 4) is 33.4 Å². The first-order valence-electron chi connectivity index (χ1n) is 17.6. The molecule has 8 aromatic carbocycles. The molecular weight excluding hydrogens is 619 g/mol. The maximum absolute atomic E-state index is 6.64. The van der Waals surface area contributed by atoms with Crippen LogP contribution in [-0.4, -0.2) is 0 Å². The van der Waals surface area contributed by atoms with Crippen LogP contribution >= 0.6 is 0 Å². The Balaban J connectivity index is 1.21. The van der Waals surface area contributed by atoms with Crippen molar-refractivity contribution in [2.45, 2.75) is 5.41 Å². The Morgan fingerprint density at radius 3 is 1.63 bits per heavy atom. The number of fused-ring (bicyclic) bond motifs is 13. The lowest BCUT2D eigenvalue weighted by Crippen LogP contribution is -2.28. The zero-order valence-corrected chi connectivity index (χ0v) is 27.8. The minimum absolute atomic E-state index is 0.472. The number of hydrogen-bond donors (Lipinski definition) is 0. The van der Waals surface area contributed by atoms with E-state index in [1.165, 1.54) is 50.2 Å². The third-order valence-corrected chi connectivity index (χ3v) is 11.1. The number of nitrogens with zero attached hydrogens (tertiary/aromatic N) is 1. The Morgan fingerprint density at radius 2 is 0.941 bits per heavy atom. The topological polar surface area (TPSA) is 16.4 Å². The van der Waals surface area contributed by atoms with Gasteiger partial charge in [0.1, 0.15) is 11.2 Å². The van der Waals surface area contributed by atoms with Gasteiger partial charge in [0, 0.05) is 33.3 Å². The quantitative estimate of drug-likeness (QED) is 0.189. The molecule has 0 saturated heterocycles. The van der Waals surface area contributed by atoms with Gasteiger partial charge in [-0.25, -0.2) is 0 Å². The molecule has 11 rings (SSSR count). The van der Waals surface area contributed by atoms with E-state index in [0.29, 0.717) is 0 Å². The molecule has 2 aliphatic carbocycles. The number of anilines is 3. The molecule has 238 valence electrons. The van der Waals surface area contributed by atoms with Crippen LogP contribution in [0, 0.1) is 0 Å². The predicted molar refractivity (Wildman–Crippen MR) is 210 cm³/mol. The molecule has 51 heavy (non-hydrogen) atoms. The van der Waals surface area contributed by atoms with E-state index in [1.54, 1.807) is 0 Å². The van der Waals surface area contributed by atoms with Gasteiger partial charge in [-0.05, 0) is 80.9 Å². The van der Waals surface area contributed by atoms with Gasteiger partial charge in [0.05, 0.1) is 11.1 Å². The molecular formula is C49H31NO. The summed E-state index contributed by atoms with van der Waals surface area (Å²) in [6.07, 6.45) is 0. The van der Waals surface area contributed by atoms with E-state index in [0.717, 1.165) is 44.4 Å². The second-order valence-corrected chi connectivity index (χ2v) is 13.6. The van der Waals surface area contributed by atoms with Crippen molar-refractivity contribution in [2.75, 3.05) is 4.90 Å². The molecule has 2 nitrogen and oxygen atoms in total. The highest BCUT2D eigenvalue weighted by Gasteiger charge is 2.53. The summed E-state index contributed by atoms with van der Waals surface area (Å²) in [5.41, 5.74) is 17.4. The average Bonchev–Trinajstić information content (AvgIpc) is 3.83. The molecule has 0 saturated carbocycles. The molecule has 0 aliphatic heterocycles. The maximum atomic E-state index is 6.64. The SMILES string of the molecule is c1ccc(-c2cccc3c2oc2ccc(N(c4ccccc4)c4cccc5c4C4(c6ccccc6-c6ccccc64)c4ccccc4-5)cc23)cc1. The fourth-order valence-corrected chi connectivity index (χ4v) is 9.09. The van der Waals surface area contributed by atoms with Crippen LogP contribution in [0.15, 0.2) is 192 Å². The standard InChI is InChI=1S/C49H31NO/c1-3-15-32(16-4-1)35-22-13-24-40-41-31-34(29-30-46(41)51-48(35)40)50(33-17-5-2-6-18-33)45-28-14-23-39-38-21-9-12-27-44(38)49(47(39)45)42-25-10-7-19-36(42)37-20-8-11-26-43(37)49/h1-31H. The largest absolute Gasteiger partial charge is 0.455 e. The lowest BCUT2D eigenvalue weighted by molar-refractivity contribution is 0.670. The Kier molecular flexibility index (Phi) is 5.91. The van der Waals surface area contributed by atoms with Crippen molar-refractivity contribution in [3.05, 3.63) is 210 Å². The molecule has 0 bridgehead atoms. The van der Waals surface area contributed by atoms with Gasteiger partial charge in [-0.1, -0.05) is 152 Å². The molecule has 0 fully saturated rings. The fourth-order valence-electron chi connectivity index (χ4n) is 9.09. The number of rotatable bonds is 4. The van der Waals surface area contributed by atoms with Gasteiger partial charge in [0.25, 0.3) is 0 Å². The monoisotopic (exact) mass is 649 g/mol. The van der Waals surface area contributed by atoms with Crippen molar-refractivity contribution in [1.29, 1.82) is 0 Å². The van der Waals surface area contributed by atoms with Crippen LogP contribution in [0.25, 0.3) is 55.3 Å². The lowest BCUT2D eigenvalue weighted by atomic mass is 9.70. The summed E-state index contributed by atoms with van der Waals surface area (Å²) in [5, 5.41) is 2.21. The maximum Gasteiger partial charge on any atom is 0.143 e. The normalized spacial score (nSPS) is 13.3. The van der Waals surface area contributed by atoms with Crippen LogP contribution < -0.4 is 4.90 Å². The number of para-hydroxylation sites is 2. The lowest BCUT2D eigenvalue weighted by Gasteiger charge is -2.35. The zero-order chi connectivity index (χ0) is 33.5. The molecule has 0 radical (unpaired) electrons. The van der Waals surface area contributed by atoms with Crippen LogP contribution in [0.5, 0.6) is 0 Å². The fraction of sp³-hybridized carbons (Fsp3) is 0.0204. The van der Waals surface area contributed by atoms with Crippen molar-refractivity contribution in [1.82, 2.24) is 0 Å². The first kappa shape index (κ1) is 28.2. The van der Waals surface area contributed by atoms with Gasteiger partial charge in [-0.3, -0.25) is 0 Å². The van der Waals surface area contributed by atoms with Crippen molar-refractivity contribution >= 4 is 39.0 Å². The molecule has 1 spiro atoms. The van der Waals surface area contributed by atoms with Crippen LogP contribution in [0.1, 0.15) is 22.3 Å². The van der Waals surface area contributed by atoms with Gasteiger partial charge in [-0.15, -0.1) is 0 Å². The minimum Gasteiger partial charge on any atom is -0.455 e. The van der Waals surface area contributed by atoms with E-state index in [9.17, 15) is 0 Å². The van der Waals surface area contributed by atoms with E-state index in [2.05, 4.69) is 193 Å². The van der Waals surface area contributed by atoms with E-state index >= 15 is 0 Å². The Hall–Kier alpha value is -6.64. The number of hydrogen-bond acceptors (Lipinski definition) is 2. The minimum atomic E-state index is -0.472. The molecule has 0 amide bonds. The highest BCUT2D eigenvalue weighted by atomic mass is 16.3. The summed E-state index contributed by atoms with van der Waals surface area (Å²) < 4.78 is 6.64. The van der Waals surface area contributed by atoms with Crippen LogP contribution in [0.4, 0.5) is 17.1 Å².